The Balaban J connectivity index is 1.63. The van der Waals surface area contributed by atoms with Gasteiger partial charge in [0.2, 0.25) is 0 Å². The predicted octanol–water partition coefficient (Wildman–Crippen LogP) is 2.21. The van der Waals surface area contributed by atoms with Gasteiger partial charge in [0.05, 0.1) is 12.1 Å². The quantitative estimate of drug-likeness (QED) is 0.897. The molecule has 0 saturated carbocycles. The number of aromatic nitrogens is 3. The van der Waals surface area contributed by atoms with E-state index in [0.29, 0.717) is 5.16 Å². The lowest BCUT2D eigenvalue weighted by atomic mass is 10.0. The van der Waals surface area contributed by atoms with Crippen molar-refractivity contribution in [3.05, 3.63) is 28.2 Å². The first-order chi connectivity index (χ1) is 11.7. The summed E-state index contributed by atoms with van der Waals surface area (Å²) in [7, 11) is 0. The average molecular weight is 364 g/mol. The van der Waals surface area contributed by atoms with Crippen LogP contribution in [-0.2, 0) is 6.42 Å². The van der Waals surface area contributed by atoms with Crippen molar-refractivity contribution >= 4 is 29.0 Å². The van der Waals surface area contributed by atoms with Crippen LogP contribution in [0, 0.1) is 0 Å². The largest absolute Gasteiger partial charge is 0.393 e. The fourth-order valence-corrected chi connectivity index (χ4v) is 5.58. The van der Waals surface area contributed by atoms with E-state index in [4.69, 9.17) is 0 Å². The van der Waals surface area contributed by atoms with Crippen molar-refractivity contribution in [3.8, 4) is 0 Å². The third-order valence-electron chi connectivity index (χ3n) is 4.64. The molecule has 2 atom stereocenters. The Labute approximate surface area is 148 Å². The van der Waals surface area contributed by atoms with Crippen molar-refractivity contribution in [2.45, 2.75) is 48.7 Å². The molecule has 1 N–H and O–H groups in total. The van der Waals surface area contributed by atoms with E-state index < -0.39 is 0 Å². The van der Waals surface area contributed by atoms with Gasteiger partial charge in [-0.15, -0.1) is 16.4 Å². The number of hydrogen-bond acceptors (Lipinski definition) is 7. The Hall–Kier alpha value is -1.22. The predicted molar refractivity (Wildman–Crippen MR) is 93.5 cm³/mol. The molecule has 2 aliphatic heterocycles. The number of carbonyl (C=O) groups excluding carboxylic acids is 1. The number of hydrogen-bond donors (Lipinski definition) is 1. The first-order valence-electron chi connectivity index (χ1n) is 8.29. The minimum absolute atomic E-state index is 0.0172. The molecule has 4 rings (SSSR count). The summed E-state index contributed by atoms with van der Waals surface area (Å²) < 4.78 is 1.48. The standard InChI is InChI=1S/C16H20N4O2S2/c1-2-12-17-16-20(18-12)15(22)14(24-16)13(11-4-3-9-23-11)19-7-5-10(21)6-8-19/h3-4,9-10,13-14,21H,2,5-8H2,1H3. The smallest absolute Gasteiger partial charge is 0.264 e. The first-order valence-corrected chi connectivity index (χ1v) is 10.1. The molecule has 2 aromatic heterocycles. The highest BCUT2D eigenvalue weighted by Crippen LogP contribution is 2.42. The van der Waals surface area contributed by atoms with Gasteiger partial charge in [0, 0.05) is 24.4 Å². The Kier molecular flexibility index (Phi) is 4.46. The van der Waals surface area contributed by atoms with E-state index in [0.717, 1.165) is 38.2 Å². The maximum absolute atomic E-state index is 12.9. The Bertz CT molecular complexity index is 723. The van der Waals surface area contributed by atoms with Crippen molar-refractivity contribution in [2.75, 3.05) is 13.1 Å². The van der Waals surface area contributed by atoms with E-state index in [9.17, 15) is 9.90 Å². The molecule has 0 spiro atoms. The molecule has 2 aromatic rings. The lowest BCUT2D eigenvalue weighted by molar-refractivity contribution is 0.0559. The van der Waals surface area contributed by atoms with Crippen molar-refractivity contribution in [3.63, 3.8) is 0 Å². The number of thioether (sulfide) groups is 1. The van der Waals surface area contributed by atoms with Gasteiger partial charge in [0.15, 0.2) is 11.0 Å². The molecular formula is C16H20N4O2S2. The van der Waals surface area contributed by atoms with Gasteiger partial charge < -0.3 is 5.11 Å². The lowest BCUT2D eigenvalue weighted by Gasteiger charge is -2.37. The summed E-state index contributed by atoms with van der Waals surface area (Å²) in [6, 6.07) is 4.14. The summed E-state index contributed by atoms with van der Waals surface area (Å²) in [5.41, 5.74) is 0. The Morgan fingerprint density at radius 2 is 2.21 bits per heavy atom. The summed E-state index contributed by atoms with van der Waals surface area (Å²) in [6.07, 6.45) is 2.03. The summed E-state index contributed by atoms with van der Waals surface area (Å²) >= 11 is 3.21. The summed E-state index contributed by atoms with van der Waals surface area (Å²) in [6.45, 7) is 3.61. The average Bonchev–Trinajstić information content (AvgIpc) is 3.29. The Morgan fingerprint density at radius 3 is 2.83 bits per heavy atom. The maximum Gasteiger partial charge on any atom is 0.264 e. The zero-order valence-corrected chi connectivity index (χ0v) is 15.1. The second kappa shape index (κ2) is 6.59. The van der Waals surface area contributed by atoms with Crippen LogP contribution in [0.5, 0.6) is 0 Å². The van der Waals surface area contributed by atoms with E-state index in [2.05, 4.69) is 26.4 Å². The van der Waals surface area contributed by atoms with Crippen LogP contribution < -0.4 is 0 Å². The molecule has 0 amide bonds. The number of aryl methyl sites for hydroxylation is 1. The summed E-state index contributed by atoms with van der Waals surface area (Å²) in [5, 5.41) is 16.7. The molecule has 128 valence electrons. The van der Waals surface area contributed by atoms with E-state index in [1.807, 2.05) is 13.0 Å². The third-order valence-corrected chi connectivity index (χ3v) is 6.77. The van der Waals surface area contributed by atoms with Crippen molar-refractivity contribution in [1.29, 1.82) is 0 Å². The molecule has 2 unspecified atom stereocenters. The fourth-order valence-electron chi connectivity index (χ4n) is 3.34. The fraction of sp³-hybridized carbons (Fsp3) is 0.562. The van der Waals surface area contributed by atoms with E-state index in [1.54, 1.807) is 11.3 Å². The number of carbonyl (C=O) groups is 1. The highest BCUT2D eigenvalue weighted by molar-refractivity contribution is 8.01. The molecule has 4 heterocycles. The molecule has 0 bridgehead atoms. The minimum atomic E-state index is -0.222. The van der Waals surface area contributed by atoms with Gasteiger partial charge in [-0.1, -0.05) is 24.8 Å². The molecule has 24 heavy (non-hydrogen) atoms. The third kappa shape index (κ3) is 2.81. The Morgan fingerprint density at radius 1 is 1.42 bits per heavy atom. The number of thiophene rings is 1. The van der Waals surface area contributed by atoms with E-state index in [1.165, 1.54) is 21.3 Å². The van der Waals surface area contributed by atoms with Gasteiger partial charge >= 0.3 is 0 Å². The van der Waals surface area contributed by atoms with Crippen LogP contribution in [0.3, 0.4) is 0 Å². The van der Waals surface area contributed by atoms with Gasteiger partial charge in [0.1, 0.15) is 5.25 Å². The van der Waals surface area contributed by atoms with E-state index in [-0.39, 0.29) is 23.3 Å². The van der Waals surface area contributed by atoms with Gasteiger partial charge in [0.25, 0.3) is 5.91 Å². The van der Waals surface area contributed by atoms with Gasteiger partial charge in [-0.2, -0.15) is 4.68 Å². The number of nitrogens with zero attached hydrogens (tertiary/aromatic N) is 4. The van der Waals surface area contributed by atoms with Crippen LogP contribution in [0.25, 0.3) is 0 Å². The van der Waals surface area contributed by atoms with E-state index >= 15 is 0 Å². The minimum Gasteiger partial charge on any atom is -0.393 e. The molecule has 0 radical (unpaired) electrons. The van der Waals surface area contributed by atoms with Crippen LogP contribution in [0.4, 0.5) is 0 Å². The summed E-state index contributed by atoms with van der Waals surface area (Å²) in [4.78, 5) is 20.9. The molecule has 8 heteroatoms. The number of piperidine rings is 1. The molecule has 6 nitrogen and oxygen atoms in total. The molecule has 0 aromatic carbocycles. The van der Waals surface area contributed by atoms with Crippen LogP contribution in [0.15, 0.2) is 22.7 Å². The topological polar surface area (TPSA) is 71.2 Å². The number of aliphatic hydroxyl groups is 1. The normalized spacial score (nSPS) is 23.6. The zero-order chi connectivity index (χ0) is 16.7. The maximum atomic E-state index is 12.9. The number of fused-ring (bicyclic) bond motifs is 1. The molecule has 1 fully saturated rings. The van der Waals surface area contributed by atoms with Crippen molar-refractivity contribution in [1.82, 2.24) is 19.7 Å². The second-order valence-electron chi connectivity index (χ2n) is 6.18. The van der Waals surface area contributed by atoms with Crippen molar-refractivity contribution < 1.29 is 9.90 Å². The SMILES string of the molecule is CCc1nc2n(n1)C(=O)C(C(c1cccs1)N1CCC(O)CC1)S2. The van der Waals surface area contributed by atoms with Crippen LogP contribution in [0.2, 0.25) is 0 Å². The zero-order valence-electron chi connectivity index (χ0n) is 13.5. The highest BCUT2D eigenvalue weighted by Gasteiger charge is 2.43. The molecule has 2 aliphatic rings. The lowest BCUT2D eigenvalue weighted by Crippen LogP contribution is -2.43. The number of aliphatic hydroxyl groups excluding tert-OH is 1. The van der Waals surface area contributed by atoms with Gasteiger partial charge in [-0.3, -0.25) is 9.69 Å². The highest BCUT2D eigenvalue weighted by atomic mass is 32.2. The molecular weight excluding hydrogens is 344 g/mol. The number of likely N-dealkylation sites (tertiary alicyclic amines) is 1. The van der Waals surface area contributed by atoms with Gasteiger partial charge in [-0.25, -0.2) is 4.98 Å². The molecule has 1 saturated heterocycles. The van der Waals surface area contributed by atoms with Gasteiger partial charge in [-0.05, 0) is 24.3 Å². The monoisotopic (exact) mass is 364 g/mol. The van der Waals surface area contributed by atoms with Crippen LogP contribution in [-0.4, -0.2) is 55.1 Å². The number of rotatable bonds is 4. The summed E-state index contributed by atoms with van der Waals surface area (Å²) in [5.74, 6) is 0.741. The second-order valence-corrected chi connectivity index (χ2v) is 8.27. The first kappa shape index (κ1) is 16.3. The van der Waals surface area contributed by atoms with Crippen molar-refractivity contribution in [2.24, 2.45) is 0 Å². The van der Waals surface area contributed by atoms with Crippen LogP contribution in [0.1, 0.15) is 41.3 Å². The molecule has 0 aliphatic carbocycles. The van der Waals surface area contributed by atoms with Crippen LogP contribution >= 0.6 is 23.1 Å².